The van der Waals surface area contributed by atoms with Crippen LogP contribution in [0.1, 0.15) is 43.4 Å². The number of fused-ring (bicyclic) bond motifs is 1. The summed E-state index contributed by atoms with van der Waals surface area (Å²) in [5.41, 5.74) is 3.34. The molecular weight excluding hydrogens is 315 g/mol. The van der Waals surface area contributed by atoms with Crippen molar-refractivity contribution in [1.29, 1.82) is 0 Å². The van der Waals surface area contributed by atoms with Crippen LogP contribution in [0.5, 0.6) is 0 Å². The molecule has 0 aliphatic heterocycles. The summed E-state index contributed by atoms with van der Waals surface area (Å²) in [7, 11) is 0. The van der Waals surface area contributed by atoms with Gasteiger partial charge in [-0.1, -0.05) is 18.5 Å². The third-order valence-electron chi connectivity index (χ3n) is 4.26. The van der Waals surface area contributed by atoms with E-state index in [9.17, 15) is 9.18 Å². The Kier molecular flexibility index (Phi) is 4.62. The number of carbonyl (C=O) groups is 1. The second kappa shape index (κ2) is 6.67. The molecule has 0 unspecified atom stereocenters. The molecule has 0 spiro atoms. The van der Waals surface area contributed by atoms with Crippen molar-refractivity contribution in [3.05, 3.63) is 52.6 Å². The van der Waals surface area contributed by atoms with Gasteiger partial charge in [0.15, 0.2) is 0 Å². The van der Waals surface area contributed by atoms with Gasteiger partial charge in [-0.05, 0) is 48.6 Å². The van der Waals surface area contributed by atoms with E-state index >= 15 is 0 Å². The Morgan fingerprint density at radius 3 is 2.96 bits per heavy atom. The Bertz CT molecular complexity index is 748. The molecule has 1 N–H and O–H groups in total. The number of nitrogens with zero attached hydrogens (tertiary/aromatic N) is 1. The molecule has 3 rings (SSSR count). The van der Waals surface area contributed by atoms with Crippen LogP contribution >= 0.6 is 11.6 Å². The van der Waals surface area contributed by atoms with Crippen molar-refractivity contribution in [2.75, 3.05) is 0 Å². The number of nitrogens with one attached hydrogen (secondary N) is 1. The van der Waals surface area contributed by atoms with Gasteiger partial charge >= 0.3 is 0 Å². The Morgan fingerprint density at radius 2 is 2.22 bits per heavy atom. The van der Waals surface area contributed by atoms with Crippen molar-refractivity contribution >= 4 is 17.5 Å². The lowest BCUT2D eigenvalue weighted by Gasteiger charge is -2.27. The first-order valence-electron chi connectivity index (χ1n) is 7.81. The zero-order valence-corrected chi connectivity index (χ0v) is 13.7. The summed E-state index contributed by atoms with van der Waals surface area (Å²) < 4.78 is 14.3. The minimum atomic E-state index is -0.354. The number of benzene rings is 1. The molecule has 1 aliphatic carbocycles. The maximum absolute atomic E-state index is 14.3. The first-order valence-corrected chi connectivity index (χ1v) is 8.19. The third kappa shape index (κ3) is 3.22. The second-order valence-corrected chi connectivity index (χ2v) is 6.18. The first kappa shape index (κ1) is 15.9. The molecule has 120 valence electrons. The Labute approximate surface area is 139 Å². The molecule has 3 nitrogen and oxygen atoms in total. The SMILES string of the molecule is CCC(=O)N[C@@H]1CCCc2c(-c3ccc(Cl)cc3F)cncc21. The molecule has 1 heterocycles. The molecular formula is C18H18ClFN2O. The lowest BCUT2D eigenvalue weighted by Crippen LogP contribution is -2.30. The highest BCUT2D eigenvalue weighted by Crippen LogP contribution is 2.36. The van der Waals surface area contributed by atoms with E-state index in [1.807, 2.05) is 6.92 Å². The summed E-state index contributed by atoms with van der Waals surface area (Å²) in [6, 6.07) is 4.63. The number of aromatic nitrogens is 1. The minimum Gasteiger partial charge on any atom is -0.349 e. The van der Waals surface area contributed by atoms with Gasteiger partial charge in [0.2, 0.25) is 5.91 Å². The molecule has 0 saturated carbocycles. The van der Waals surface area contributed by atoms with E-state index < -0.39 is 0 Å². The van der Waals surface area contributed by atoms with Crippen LogP contribution in [0.15, 0.2) is 30.6 Å². The van der Waals surface area contributed by atoms with Crippen LogP contribution in [0.25, 0.3) is 11.1 Å². The van der Waals surface area contributed by atoms with Crippen LogP contribution in [-0.2, 0) is 11.2 Å². The number of rotatable bonds is 3. The molecule has 0 fully saturated rings. The molecule has 5 heteroatoms. The van der Waals surface area contributed by atoms with Gasteiger partial charge in [0, 0.05) is 35.0 Å². The third-order valence-corrected chi connectivity index (χ3v) is 4.50. The smallest absolute Gasteiger partial charge is 0.220 e. The van der Waals surface area contributed by atoms with Crippen molar-refractivity contribution in [2.45, 2.75) is 38.6 Å². The summed E-state index contributed by atoms with van der Waals surface area (Å²) in [6.45, 7) is 1.83. The molecule has 2 aromatic rings. The summed E-state index contributed by atoms with van der Waals surface area (Å²) in [5, 5.41) is 3.41. The van der Waals surface area contributed by atoms with Crippen LogP contribution < -0.4 is 5.32 Å². The van der Waals surface area contributed by atoms with Crippen LogP contribution in [0.3, 0.4) is 0 Å². The van der Waals surface area contributed by atoms with Crippen molar-refractivity contribution < 1.29 is 9.18 Å². The maximum Gasteiger partial charge on any atom is 0.220 e. The zero-order valence-electron chi connectivity index (χ0n) is 12.9. The number of amides is 1. The normalized spacial score (nSPS) is 16.7. The molecule has 1 amide bonds. The van der Waals surface area contributed by atoms with Crippen molar-refractivity contribution in [1.82, 2.24) is 10.3 Å². The van der Waals surface area contributed by atoms with Crippen molar-refractivity contribution in [3.63, 3.8) is 0 Å². The highest BCUT2D eigenvalue weighted by Gasteiger charge is 2.25. The topological polar surface area (TPSA) is 42.0 Å². The number of hydrogen-bond acceptors (Lipinski definition) is 2. The van der Waals surface area contributed by atoms with E-state index in [2.05, 4.69) is 10.3 Å². The Balaban J connectivity index is 2.04. The molecule has 0 radical (unpaired) electrons. The lowest BCUT2D eigenvalue weighted by atomic mass is 9.84. The van der Waals surface area contributed by atoms with Gasteiger partial charge in [-0.15, -0.1) is 0 Å². The average molecular weight is 333 g/mol. The van der Waals surface area contributed by atoms with Gasteiger partial charge in [-0.3, -0.25) is 9.78 Å². The molecule has 1 aromatic heterocycles. The van der Waals surface area contributed by atoms with Gasteiger partial charge < -0.3 is 5.32 Å². The largest absolute Gasteiger partial charge is 0.349 e. The van der Waals surface area contributed by atoms with E-state index in [4.69, 9.17) is 11.6 Å². The quantitative estimate of drug-likeness (QED) is 0.902. The van der Waals surface area contributed by atoms with Crippen LogP contribution in [0.4, 0.5) is 4.39 Å². The molecule has 23 heavy (non-hydrogen) atoms. The van der Waals surface area contributed by atoms with E-state index in [0.717, 1.165) is 36.0 Å². The summed E-state index contributed by atoms with van der Waals surface area (Å²) >= 11 is 5.84. The minimum absolute atomic E-state index is 0.0194. The maximum atomic E-state index is 14.3. The summed E-state index contributed by atoms with van der Waals surface area (Å²) in [5.74, 6) is -0.335. The number of hydrogen-bond donors (Lipinski definition) is 1. The lowest BCUT2D eigenvalue weighted by molar-refractivity contribution is -0.121. The molecule has 1 atom stereocenters. The molecule has 0 saturated heterocycles. The number of halogens is 2. The predicted molar refractivity (Wildman–Crippen MR) is 88.8 cm³/mol. The van der Waals surface area contributed by atoms with Gasteiger partial charge in [-0.2, -0.15) is 0 Å². The van der Waals surface area contributed by atoms with Gasteiger partial charge in [0.1, 0.15) is 5.82 Å². The molecule has 1 aliphatic rings. The monoisotopic (exact) mass is 332 g/mol. The number of pyridine rings is 1. The van der Waals surface area contributed by atoms with Crippen LogP contribution in [0, 0.1) is 5.82 Å². The van der Waals surface area contributed by atoms with Crippen molar-refractivity contribution in [2.24, 2.45) is 0 Å². The van der Waals surface area contributed by atoms with Gasteiger partial charge in [-0.25, -0.2) is 4.39 Å². The van der Waals surface area contributed by atoms with E-state index in [1.165, 1.54) is 6.07 Å². The first-order chi connectivity index (χ1) is 11.1. The Morgan fingerprint density at radius 1 is 1.39 bits per heavy atom. The van der Waals surface area contributed by atoms with Crippen molar-refractivity contribution in [3.8, 4) is 11.1 Å². The highest BCUT2D eigenvalue weighted by atomic mass is 35.5. The fraction of sp³-hybridized carbons (Fsp3) is 0.333. The molecule has 0 bridgehead atoms. The zero-order chi connectivity index (χ0) is 16.4. The van der Waals surface area contributed by atoms with Crippen LogP contribution in [-0.4, -0.2) is 10.9 Å². The second-order valence-electron chi connectivity index (χ2n) is 5.74. The predicted octanol–water partition coefficient (Wildman–Crippen LogP) is 4.44. The van der Waals surface area contributed by atoms with E-state index in [-0.39, 0.29) is 17.8 Å². The molecule has 1 aromatic carbocycles. The van der Waals surface area contributed by atoms with Gasteiger partial charge in [0.05, 0.1) is 6.04 Å². The summed E-state index contributed by atoms with van der Waals surface area (Å²) in [6.07, 6.45) is 6.61. The fourth-order valence-electron chi connectivity index (χ4n) is 3.11. The number of carbonyl (C=O) groups excluding carboxylic acids is 1. The van der Waals surface area contributed by atoms with E-state index in [0.29, 0.717) is 17.0 Å². The standard InChI is InChI=1S/C18H18ClFN2O/c1-2-18(23)22-17-5-3-4-12-14(9-21-10-15(12)17)13-7-6-11(19)8-16(13)20/h6-10,17H,2-5H2,1H3,(H,22,23)/t17-/m1/s1. The Hall–Kier alpha value is -1.94. The van der Waals surface area contributed by atoms with Gasteiger partial charge in [0.25, 0.3) is 0 Å². The van der Waals surface area contributed by atoms with E-state index in [1.54, 1.807) is 24.5 Å². The average Bonchev–Trinajstić information content (AvgIpc) is 2.55. The highest BCUT2D eigenvalue weighted by molar-refractivity contribution is 6.30. The summed E-state index contributed by atoms with van der Waals surface area (Å²) in [4.78, 5) is 16.0. The fourth-order valence-corrected chi connectivity index (χ4v) is 3.27. The van der Waals surface area contributed by atoms with Crippen LogP contribution in [0.2, 0.25) is 5.02 Å².